The lowest BCUT2D eigenvalue weighted by atomic mass is 10.3. The van der Waals surface area contributed by atoms with Crippen LogP contribution in [0.2, 0.25) is 0 Å². The van der Waals surface area contributed by atoms with Gasteiger partial charge < -0.3 is 5.41 Å². The van der Waals surface area contributed by atoms with Gasteiger partial charge in [0.1, 0.15) is 0 Å². The average molecular weight is 121 g/mol. The molecule has 0 atom stereocenters. The zero-order valence-corrected chi connectivity index (χ0v) is 5.59. The summed E-state index contributed by atoms with van der Waals surface area (Å²) in [5.74, 6) is 0. The Morgan fingerprint density at radius 3 is 2.56 bits per heavy atom. The van der Waals surface area contributed by atoms with E-state index in [0.717, 1.165) is 5.57 Å². The monoisotopic (exact) mass is 121 g/mol. The molecule has 9 heavy (non-hydrogen) atoms. The quantitative estimate of drug-likeness (QED) is 0.437. The third kappa shape index (κ3) is 4.75. The van der Waals surface area contributed by atoms with Gasteiger partial charge in [-0.1, -0.05) is 30.9 Å². The smallest absolute Gasteiger partial charge is 0.0207 e. The summed E-state index contributed by atoms with van der Waals surface area (Å²) in [4.78, 5) is 0. The van der Waals surface area contributed by atoms with E-state index < -0.39 is 0 Å². The average Bonchev–Trinajstić information content (AvgIpc) is 1.89. The van der Waals surface area contributed by atoms with E-state index in [9.17, 15) is 0 Å². The third-order valence-corrected chi connectivity index (χ3v) is 0.834. The van der Waals surface area contributed by atoms with Gasteiger partial charge in [0.2, 0.25) is 0 Å². The maximum atomic E-state index is 6.79. The van der Waals surface area contributed by atoms with Gasteiger partial charge in [0, 0.05) is 6.21 Å². The van der Waals surface area contributed by atoms with Crippen molar-refractivity contribution < 1.29 is 0 Å². The van der Waals surface area contributed by atoms with Crippen LogP contribution in [0, 0.1) is 5.41 Å². The standard InChI is InChI=1S/C8H11N/c1-3-4-5-6-8(2)7-9/h3-7,9H,1H2,2H3/b5-4-,8-6+,9-7?. The van der Waals surface area contributed by atoms with Crippen LogP contribution in [0.5, 0.6) is 0 Å². The van der Waals surface area contributed by atoms with Crippen LogP contribution >= 0.6 is 0 Å². The van der Waals surface area contributed by atoms with Gasteiger partial charge in [0.15, 0.2) is 0 Å². The van der Waals surface area contributed by atoms with Gasteiger partial charge in [-0.3, -0.25) is 0 Å². The second kappa shape index (κ2) is 5.04. The first-order chi connectivity index (χ1) is 4.31. The zero-order valence-electron chi connectivity index (χ0n) is 5.59. The highest BCUT2D eigenvalue weighted by Crippen LogP contribution is 1.86. The molecule has 1 nitrogen and oxygen atoms in total. The van der Waals surface area contributed by atoms with Crippen LogP contribution in [0.4, 0.5) is 0 Å². The third-order valence-electron chi connectivity index (χ3n) is 0.834. The summed E-state index contributed by atoms with van der Waals surface area (Å²) in [6.45, 7) is 5.39. The van der Waals surface area contributed by atoms with Crippen molar-refractivity contribution in [3.63, 3.8) is 0 Å². The lowest BCUT2D eigenvalue weighted by Crippen LogP contribution is -1.70. The minimum Gasteiger partial charge on any atom is -0.308 e. The molecule has 0 spiro atoms. The van der Waals surface area contributed by atoms with Gasteiger partial charge in [-0.15, -0.1) is 0 Å². The lowest BCUT2D eigenvalue weighted by molar-refractivity contribution is 1.50. The molecule has 0 fully saturated rings. The van der Waals surface area contributed by atoms with Crippen molar-refractivity contribution in [2.24, 2.45) is 0 Å². The summed E-state index contributed by atoms with van der Waals surface area (Å²) in [6, 6.07) is 0. The van der Waals surface area contributed by atoms with Crippen molar-refractivity contribution in [2.45, 2.75) is 6.92 Å². The SMILES string of the molecule is C=C/C=C\C=C(/C)C=N. The lowest BCUT2D eigenvalue weighted by Gasteiger charge is -1.80. The summed E-state index contributed by atoms with van der Waals surface area (Å²) in [5, 5.41) is 6.79. The van der Waals surface area contributed by atoms with Crippen LogP contribution in [-0.2, 0) is 0 Å². The van der Waals surface area contributed by atoms with Crippen LogP contribution in [0.25, 0.3) is 0 Å². The van der Waals surface area contributed by atoms with E-state index in [1.807, 2.05) is 25.2 Å². The molecule has 0 radical (unpaired) electrons. The molecule has 0 aromatic heterocycles. The maximum Gasteiger partial charge on any atom is 0.0207 e. The number of hydrogen-bond acceptors (Lipinski definition) is 1. The highest BCUT2D eigenvalue weighted by atomic mass is 14.3. The molecule has 1 heteroatoms. The Bertz CT molecular complexity index is 152. The Labute approximate surface area is 55.9 Å². The molecule has 1 N–H and O–H groups in total. The largest absolute Gasteiger partial charge is 0.308 e. The van der Waals surface area contributed by atoms with Crippen molar-refractivity contribution in [1.82, 2.24) is 0 Å². The molecule has 48 valence electrons. The van der Waals surface area contributed by atoms with Crippen molar-refractivity contribution in [3.05, 3.63) is 36.5 Å². The van der Waals surface area contributed by atoms with E-state index in [1.165, 1.54) is 6.21 Å². The molecule has 0 rings (SSSR count). The van der Waals surface area contributed by atoms with E-state index >= 15 is 0 Å². The van der Waals surface area contributed by atoms with Crippen LogP contribution in [0.3, 0.4) is 0 Å². The van der Waals surface area contributed by atoms with Crippen molar-refractivity contribution in [2.75, 3.05) is 0 Å². The van der Waals surface area contributed by atoms with Gasteiger partial charge in [-0.05, 0) is 12.5 Å². The molecule has 0 amide bonds. The highest BCUT2D eigenvalue weighted by molar-refractivity contribution is 5.75. The molecular weight excluding hydrogens is 110 g/mol. The molecule has 0 saturated carbocycles. The first-order valence-electron chi connectivity index (χ1n) is 2.77. The summed E-state index contributed by atoms with van der Waals surface area (Å²) in [7, 11) is 0. The predicted molar refractivity (Wildman–Crippen MR) is 41.9 cm³/mol. The molecule has 0 aromatic rings. The summed E-state index contributed by atoms with van der Waals surface area (Å²) >= 11 is 0. The first kappa shape index (κ1) is 7.89. The topological polar surface area (TPSA) is 23.9 Å². The van der Waals surface area contributed by atoms with Crippen molar-refractivity contribution in [3.8, 4) is 0 Å². The number of rotatable bonds is 3. The predicted octanol–water partition coefficient (Wildman–Crippen LogP) is 2.32. The molecule has 0 unspecified atom stereocenters. The van der Waals surface area contributed by atoms with Crippen molar-refractivity contribution >= 4 is 6.21 Å². The molecule has 0 saturated heterocycles. The molecule has 0 heterocycles. The molecule has 0 aliphatic carbocycles. The van der Waals surface area contributed by atoms with Crippen LogP contribution in [-0.4, -0.2) is 6.21 Å². The Morgan fingerprint density at radius 1 is 1.44 bits per heavy atom. The van der Waals surface area contributed by atoms with E-state index in [1.54, 1.807) is 6.08 Å². The Kier molecular flexibility index (Phi) is 4.41. The number of hydrogen-bond donors (Lipinski definition) is 1. The highest BCUT2D eigenvalue weighted by Gasteiger charge is 1.72. The first-order valence-corrected chi connectivity index (χ1v) is 2.77. The minimum absolute atomic E-state index is 0.938. The molecule has 0 aromatic carbocycles. The summed E-state index contributed by atoms with van der Waals surface area (Å²) in [6.07, 6.45) is 8.55. The number of allylic oxidation sites excluding steroid dienone is 5. The second-order valence-electron chi connectivity index (χ2n) is 1.68. The Balaban J connectivity index is 3.81. The fourth-order valence-electron chi connectivity index (χ4n) is 0.334. The van der Waals surface area contributed by atoms with Crippen LogP contribution in [0.1, 0.15) is 6.92 Å². The Hall–Kier alpha value is -1.11. The number of nitrogens with one attached hydrogen (secondary N) is 1. The van der Waals surface area contributed by atoms with E-state index in [4.69, 9.17) is 5.41 Å². The van der Waals surface area contributed by atoms with Crippen LogP contribution < -0.4 is 0 Å². The van der Waals surface area contributed by atoms with Gasteiger partial charge in [-0.2, -0.15) is 0 Å². The Morgan fingerprint density at radius 2 is 2.11 bits per heavy atom. The summed E-state index contributed by atoms with van der Waals surface area (Å²) < 4.78 is 0. The molecule has 0 bridgehead atoms. The fraction of sp³-hybridized carbons (Fsp3) is 0.125. The van der Waals surface area contributed by atoms with Gasteiger partial charge >= 0.3 is 0 Å². The van der Waals surface area contributed by atoms with E-state index in [0.29, 0.717) is 0 Å². The van der Waals surface area contributed by atoms with Gasteiger partial charge in [-0.25, -0.2) is 0 Å². The van der Waals surface area contributed by atoms with E-state index in [-0.39, 0.29) is 0 Å². The van der Waals surface area contributed by atoms with Crippen LogP contribution in [0.15, 0.2) is 36.5 Å². The van der Waals surface area contributed by atoms with Gasteiger partial charge in [0.25, 0.3) is 0 Å². The van der Waals surface area contributed by atoms with Crippen molar-refractivity contribution in [1.29, 1.82) is 5.41 Å². The molecule has 0 aliphatic rings. The van der Waals surface area contributed by atoms with E-state index in [2.05, 4.69) is 6.58 Å². The molecular formula is C8H11N. The van der Waals surface area contributed by atoms with Gasteiger partial charge in [0.05, 0.1) is 0 Å². The normalized spacial score (nSPS) is 11.9. The summed E-state index contributed by atoms with van der Waals surface area (Å²) in [5.41, 5.74) is 0.938. The second-order valence-corrected chi connectivity index (χ2v) is 1.68. The minimum atomic E-state index is 0.938. The zero-order chi connectivity index (χ0) is 7.11. The maximum absolute atomic E-state index is 6.79. The molecule has 0 aliphatic heterocycles. The fourth-order valence-corrected chi connectivity index (χ4v) is 0.334.